The summed E-state index contributed by atoms with van der Waals surface area (Å²) < 4.78 is 0. The van der Waals surface area contributed by atoms with Crippen LogP contribution in [0.15, 0.2) is 30.3 Å². The minimum atomic E-state index is -0.783. The van der Waals surface area contributed by atoms with Crippen molar-refractivity contribution in [2.45, 2.75) is 31.4 Å². The van der Waals surface area contributed by atoms with Gasteiger partial charge in [0.2, 0.25) is 0 Å². The van der Waals surface area contributed by atoms with E-state index in [0.29, 0.717) is 12.6 Å². The maximum absolute atomic E-state index is 10.6. The molecule has 2 atom stereocenters. The standard InChI is InChI=1S/C15H24N2O/c1-15(18,13-7-4-3-5-8-13)12-17(2)11-14-9-6-10-16-14/h3-5,7-8,14,16,18H,6,9-12H2,1-2H3. The van der Waals surface area contributed by atoms with Gasteiger partial charge in [-0.25, -0.2) is 0 Å². The summed E-state index contributed by atoms with van der Waals surface area (Å²) in [4.78, 5) is 2.22. The minimum absolute atomic E-state index is 0.585. The van der Waals surface area contributed by atoms with E-state index in [2.05, 4.69) is 17.3 Å². The lowest BCUT2D eigenvalue weighted by molar-refractivity contribution is 0.0216. The summed E-state index contributed by atoms with van der Waals surface area (Å²) in [6, 6.07) is 10.5. The Hall–Kier alpha value is -0.900. The first-order valence-corrected chi connectivity index (χ1v) is 6.78. The number of aliphatic hydroxyl groups is 1. The van der Waals surface area contributed by atoms with E-state index in [4.69, 9.17) is 0 Å². The van der Waals surface area contributed by atoms with E-state index in [1.54, 1.807) is 0 Å². The van der Waals surface area contributed by atoms with Crippen molar-refractivity contribution >= 4 is 0 Å². The third kappa shape index (κ3) is 3.55. The van der Waals surface area contributed by atoms with Crippen molar-refractivity contribution in [2.75, 3.05) is 26.7 Å². The van der Waals surface area contributed by atoms with E-state index in [0.717, 1.165) is 18.7 Å². The van der Waals surface area contributed by atoms with Crippen LogP contribution in [0.4, 0.5) is 0 Å². The summed E-state index contributed by atoms with van der Waals surface area (Å²) in [6.07, 6.45) is 2.52. The summed E-state index contributed by atoms with van der Waals surface area (Å²) in [5, 5.41) is 14.1. The van der Waals surface area contributed by atoms with Crippen molar-refractivity contribution in [3.8, 4) is 0 Å². The quantitative estimate of drug-likeness (QED) is 0.830. The van der Waals surface area contributed by atoms with Gasteiger partial charge in [0.1, 0.15) is 0 Å². The fourth-order valence-electron chi connectivity index (χ4n) is 2.77. The summed E-state index contributed by atoms with van der Waals surface area (Å²) in [7, 11) is 2.08. The van der Waals surface area contributed by atoms with E-state index in [-0.39, 0.29) is 0 Å². The average Bonchev–Trinajstić information content (AvgIpc) is 2.82. The van der Waals surface area contributed by atoms with Crippen molar-refractivity contribution in [2.24, 2.45) is 0 Å². The number of nitrogens with one attached hydrogen (secondary N) is 1. The molecular weight excluding hydrogens is 224 g/mol. The molecule has 0 aromatic heterocycles. The smallest absolute Gasteiger partial charge is 0.0994 e. The zero-order valence-electron chi connectivity index (χ0n) is 11.4. The van der Waals surface area contributed by atoms with Crippen molar-refractivity contribution in [1.82, 2.24) is 10.2 Å². The predicted molar refractivity (Wildman–Crippen MR) is 74.5 cm³/mol. The van der Waals surface area contributed by atoms with Crippen molar-refractivity contribution in [1.29, 1.82) is 0 Å². The van der Waals surface area contributed by atoms with Gasteiger partial charge in [-0.2, -0.15) is 0 Å². The van der Waals surface area contributed by atoms with Crippen LogP contribution < -0.4 is 5.32 Å². The summed E-state index contributed by atoms with van der Waals surface area (Å²) in [6.45, 7) is 4.69. The lowest BCUT2D eigenvalue weighted by atomic mass is 9.95. The predicted octanol–water partition coefficient (Wildman–Crippen LogP) is 1.58. The highest BCUT2D eigenvalue weighted by Crippen LogP contribution is 2.21. The Labute approximate surface area is 110 Å². The van der Waals surface area contributed by atoms with Crippen LogP contribution in [0.25, 0.3) is 0 Å². The molecule has 2 N–H and O–H groups in total. The SMILES string of the molecule is CN(CC1CCCN1)CC(C)(O)c1ccccc1. The number of hydrogen-bond acceptors (Lipinski definition) is 3. The van der Waals surface area contributed by atoms with Gasteiger partial charge in [-0.05, 0) is 38.9 Å². The average molecular weight is 248 g/mol. The number of nitrogens with zero attached hydrogens (tertiary/aromatic N) is 1. The van der Waals surface area contributed by atoms with Gasteiger partial charge in [-0.15, -0.1) is 0 Å². The lowest BCUT2D eigenvalue weighted by Gasteiger charge is -2.31. The second-order valence-corrected chi connectivity index (χ2v) is 5.63. The molecule has 3 nitrogen and oxygen atoms in total. The Balaban J connectivity index is 1.90. The molecule has 2 unspecified atom stereocenters. The van der Waals surface area contributed by atoms with Crippen LogP contribution in [-0.2, 0) is 5.60 Å². The van der Waals surface area contributed by atoms with Gasteiger partial charge in [-0.3, -0.25) is 0 Å². The molecule has 1 aromatic carbocycles. The maximum atomic E-state index is 10.6. The van der Waals surface area contributed by atoms with Crippen LogP contribution in [0.1, 0.15) is 25.3 Å². The first-order chi connectivity index (χ1) is 8.58. The summed E-state index contributed by atoms with van der Waals surface area (Å²) in [5.41, 5.74) is 0.200. The van der Waals surface area contributed by atoms with Gasteiger partial charge < -0.3 is 15.3 Å². The number of hydrogen-bond donors (Lipinski definition) is 2. The van der Waals surface area contributed by atoms with Gasteiger partial charge in [0.05, 0.1) is 5.60 Å². The molecule has 1 aliphatic rings. The van der Waals surface area contributed by atoms with Crippen LogP contribution in [0, 0.1) is 0 Å². The number of rotatable bonds is 5. The van der Waals surface area contributed by atoms with E-state index >= 15 is 0 Å². The highest BCUT2D eigenvalue weighted by atomic mass is 16.3. The minimum Gasteiger partial charge on any atom is -0.384 e. The molecule has 1 heterocycles. The molecule has 1 aromatic rings. The van der Waals surface area contributed by atoms with Crippen LogP contribution in [0.3, 0.4) is 0 Å². The second kappa shape index (κ2) is 5.83. The molecule has 100 valence electrons. The monoisotopic (exact) mass is 248 g/mol. The second-order valence-electron chi connectivity index (χ2n) is 5.63. The molecule has 0 bridgehead atoms. The Morgan fingerprint density at radius 2 is 2.11 bits per heavy atom. The molecule has 3 heteroatoms. The molecule has 0 aliphatic carbocycles. The molecule has 1 fully saturated rings. The van der Waals surface area contributed by atoms with Crippen LogP contribution >= 0.6 is 0 Å². The Kier molecular flexibility index (Phi) is 4.38. The lowest BCUT2D eigenvalue weighted by Crippen LogP contribution is -2.42. The molecule has 0 saturated carbocycles. The van der Waals surface area contributed by atoms with Gasteiger partial charge in [0.15, 0.2) is 0 Å². The Morgan fingerprint density at radius 3 is 2.72 bits per heavy atom. The van der Waals surface area contributed by atoms with Crippen LogP contribution in [-0.4, -0.2) is 42.7 Å². The van der Waals surface area contributed by atoms with E-state index in [1.165, 1.54) is 12.8 Å². The number of benzene rings is 1. The highest BCUT2D eigenvalue weighted by molar-refractivity contribution is 5.21. The zero-order chi connectivity index (χ0) is 13.0. The van der Waals surface area contributed by atoms with Gasteiger partial charge in [-0.1, -0.05) is 30.3 Å². The van der Waals surface area contributed by atoms with Gasteiger partial charge >= 0.3 is 0 Å². The van der Waals surface area contributed by atoms with Crippen molar-refractivity contribution in [3.05, 3.63) is 35.9 Å². The van der Waals surface area contributed by atoms with Crippen LogP contribution in [0.2, 0.25) is 0 Å². The first-order valence-electron chi connectivity index (χ1n) is 6.78. The molecule has 2 rings (SSSR count). The van der Waals surface area contributed by atoms with Gasteiger partial charge in [0.25, 0.3) is 0 Å². The first kappa shape index (κ1) is 13.5. The number of likely N-dealkylation sites (N-methyl/N-ethyl adjacent to an activating group) is 1. The van der Waals surface area contributed by atoms with Crippen molar-refractivity contribution < 1.29 is 5.11 Å². The third-order valence-electron chi connectivity index (χ3n) is 3.67. The maximum Gasteiger partial charge on any atom is 0.0994 e. The molecule has 1 saturated heterocycles. The fraction of sp³-hybridized carbons (Fsp3) is 0.600. The highest BCUT2D eigenvalue weighted by Gasteiger charge is 2.26. The summed E-state index contributed by atoms with van der Waals surface area (Å²) >= 11 is 0. The molecule has 1 aliphatic heterocycles. The van der Waals surface area contributed by atoms with Crippen molar-refractivity contribution in [3.63, 3.8) is 0 Å². The normalized spacial score (nSPS) is 23.2. The molecule has 0 spiro atoms. The van der Waals surface area contributed by atoms with E-state index in [1.807, 2.05) is 37.3 Å². The van der Waals surface area contributed by atoms with Gasteiger partial charge in [0, 0.05) is 19.1 Å². The summed E-state index contributed by atoms with van der Waals surface area (Å²) in [5.74, 6) is 0. The molecule has 18 heavy (non-hydrogen) atoms. The molecule has 0 amide bonds. The molecule has 0 radical (unpaired) electrons. The Morgan fingerprint density at radius 1 is 1.39 bits per heavy atom. The van der Waals surface area contributed by atoms with Crippen LogP contribution in [0.5, 0.6) is 0 Å². The topological polar surface area (TPSA) is 35.5 Å². The fourth-order valence-corrected chi connectivity index (χ4v) is 2.77. The zero-order valence-corrected chi connectivity index (χ0v) is 11.4. The molecular formula is C15H24N2O. The largest absolute Gasteiger partial charge is 0.384 e. The Bertz CT molecular complexity index is 358. The van der Waals surface area contributed by atoms with E-state index < -0.39 is 5.60 Å². The third-order valence-corrected chi connectivity index (χ3v) is 3.67. The van der Waals surface area contributed by atoms with E-state index in [9.17, 15) is 5.11 Å².